The summed E-state index contributed by atoms with van der Waals surface area (Å²) in [5.41, 5.74) is 10.7. The minimum atomic E-state index is 0.260. The third-order valence-corrected chi connectivity index (χ3v) is 12.1. The molecule has 0 amide bonds. The van der Waals surface area contributed by atoms with E-state index in [4.69, 9.17) is 4.42 Å². The van der Waals surface area contributed by atoms with Crippen molar-refractivity contribution in [2.24, 2.45) is 0 Å². The van der Waals surface area contributed by atoms with E-state index < -0.39 is 0 Å². The van der Waals surface area contributed by atoms with Gasteiger partial charge in [-0.05, 0) is 79.1 Å². The van der Waals surface area contributed by atoms with Crippen molar-refractivity contribution >= 4 is 81.7 Å². The Morgan fingerprint density at radius 2 is 1.42 bits per heavy atom. The molecule has 3 nitrogen and oxygen atoms in total. The largest absolute Gasteiger partial charge is 0.460 e. The molecule has 3 aromatic heterocycles. The van der Waals surface area contributed by atoms with Crippen LogP contribution in [0.4, 0.5) is 11.4 Å². The lowest BCUT2D eigenvalue weighted by molar-refractivity contribution is 0.546. The van der Waals surface area contributed by atoms with Gasteiger partial charge in [0.05, 0.1) is 27.8 Å². The third kappa shape index (κ3) is 4.51. The van der Waals surface area contributed by atoms with Crippen LogP contribution in [-0.2, 0) is 6.42 Å². The Kier molecular flexibility index (Phi) is 6.68. The van der Waals surface area contributed by atoms with Gasteiger partial charge < -0.3 is 13.9 Å². The molecule has 2 aliphatic rings. The number of aromatic nitrogens is 1. The fourth-order valence-electron chi connectivity index (χ4n) is 8.61. The van der Waals surface area contributed by atoms with Crippen molar-refractivity contribution in [1.82, 2.24) is 4.57 Å². The second kappa shape index (κ2) is 11.7. The summed E-state index contributed by atoms with van der Waals surface area (Å²) in [6, 6.07) is 48.7. The van der Waals surface area contributed by atoms with Gasteiger partial charge in [-0.15, -0.1) is 11.3 Å². The average molecular weight is 687 g/mol. The van der Waals surface area contributed by atoms with Crippen molar-refractivity contribution in [1.29, 1.82) is 0 Å². The Bertz CT molecular complexity index is 2950. The van der Waals surface area contributed by atoms with Crippen LogP contribution in [0.3, 0.4) is 0 Å². The Balaban J connectivity index is 1.06. The molecule has 0 saturated carbocycles. The number of fused-ring (bicyclic) bond motifs is 9. The maximum absolute atomic E-state index is 6.51. The normalized spacial score (nSPS) is 15.6. The predicted molar refractivity (Wildman–Crippen MR) is 220 cm³/mol. The smallest absolute Gasteiger partial charge is 0.137 e. The van der Waals surface area contributed by atoms with Crippen LogP contribution in [0.25, 0.3) is 64.7 Å². The Labute approximate surface area is 305 Å². The summed E-state index contributed by atoms with van der Waals surface area (Å²) in [6.07, 6.45) is 14.6. The summed E-state index contributed by atoms with van der Waals surface area (Å²) in [5, 5.41) is 6.34. The summed E-state index contributed by atoms with van der Waals surface area (Å²) in [6.45, 7) is 0. The van der Waals surface area contributed by atoms with Gasteiger partial charge in [0.15, 0.2) is 0 Å². The zero-order valence-corrected chi connectivity index (χ0v) is 29.3. The van der Waals surface area contributed by atoms with Gasteiger partial charge in [-0.1, -0.05) is 103 Å². The van der Waals surface area contributed by atoms with Gasteiger partial charge in [0, 0.05) is 60.2 Å². The number of hydrogen-bond acceptors (Lipinski definition) is 3. The summed E-state index contributed by atoms with van der Waals surface area (Å²) >= 11 is 1.87. The monoisotopic (exact) mass is 686 g/mol. The lowest BCUT2D eigenvalue weighted by Crippen LogP contribution is -2.18. The first-order valence-electron chi connectivity index (χ1n) is 18.2. The van der Waals surface area contributed by atoms with Crippen LogP contribution >= 0.6 is 11.3 Å². The quantitative estimate of drug-likeness (QED) is 0.180. The summed E-state index contributed by atoms with van der Waals surface area (Å²) in [5.74, 6) is 1.34. The fourth-order valence-corrected chi connectivity index (χ4v) is 9.74. The van der Waals surface area contributed by atoms with E-state index in [2.05, 4.69) is 173 Å². The highest BCUT2D eigenvalue weighted by atomic mass is 32.1. The van der Waals surface area contributed by atoms with Crippen molar-refractivity contribution < 1.29 is 4.42 Å². The average Bonchev–Trinajstić information content (AvgIpc) is 3.88. The van der Waals surface area contributed by atoms with Crippen LogP contribution in [0.5, 0.6) is 0 Å². The highest BCUT2D eigenvalue weighted by Gasteiger charge is 2.26. The second-order valence-corrected chi connectivity index (χ2v) is 15.0. The first-order valence-corrected chi connectivity index (χ1v) is 19.0. The number of anilines is 2. The third-order valence-electron chi connectivity index (χ3n) is 11.0. The number of para-hydroxylation sites is 2. The van der Waals surface area contributed by atoms with E-state index in [0.717, 1.165) is 36.3 Å². The molecule has 9 aromatic rings. The number of hydrogen-bond donors (Lipinski definition) is 0. The predicted octanol–water partition coefficient (Wildman–Crippen LogP) is 13.6. The van der Waals surface area contributed by atoms with Crippen LogP contribution in [0, 0.1) is 0 Å². The molecular formula is C48H34N2OS. The molecular weight excluding hydrogens is 653 g/mol. The molecule has 52 heavy (non-hydrogen) atoms. The Morgan fingerprint density at radius 1 is 0.654 bits per heavy atom. The molecule has 0 radical (unpaired) electrons. The number of furan rings is 1. The molecule has 0 bridgehead atoms. The number of nitrogens with zero attached hydrogens (tertiary/aromatic N) is 2. The second-order valence-electron chi connectivity index (χ2n) is 13.9. The summed E-state index contributed by atoms with van der Waals surface area (Å²) in [4.78, 5) is 2.49. The minimum Gasteiger partial charge on any atom is -0.460 e. The number of benzene rings is 6. The first-order chi connectivity index (χ1) is 25.8. The number of aryl methyl sites for hydroxylation is 1. The van der Waals surface area contributed by atoms with Gasteiger partial charge in [-0.25, -0.2) is 0 Å². The van der Waals surface area contributed by atoms with E-state index in [0.29, 0.717) is 0 Å². The van der Waals surface area contributed by atoms with Crippen LogP contribution in [0.2, 0.25) is 0 Å². The van der Waals surface area contributed by atoms with E-state index in [9.17, 15) is 0 Å². The summed E-state index contributed by atoms with van der Waals surface area (Å²) in [7, 11) is 0. The molecule has 248 valence electrons. The zero-order valence-electron chi connectivity index (χ0n) is 28.5. The number of allylic oxidation sites excluding steroid dienone is 4. The van der Waals surface area contributed by atoms with E-state index in [1.165, 1.54) is 75.6 Å². The maximum Gasteiger partial charge on any atom is 0.137 e. The zero-order chi connectivity index (χ0) is 34.2. The SMILES string of the molecule is C1=Cc2c(oc3cccc(N(C4=CCC(c5ccc6c7ccccc7n(-c7ccccc7)c6c5)C=C4)c4cccc5sc6ccccc6c45)c23)CC1. The van der Waals surface area contributed by atoms with Crippen LogP contribution in [0.15, 0.2) is 168 Å². The van der Waals surface area contributed by atoms with Crippen LogP contribution in [0.1, 0.15) is 35.6 Å². The Morgan fingerprint density at radius 3 is 2.31 bits per heavy atom. The fraction of sp³-hybridized carbons (Fsp3) is 0.0833. The van der Waals surface area contributed by atoms with Gasteiger partial charge >= 0.3 is 0 Å². The van der Waals surface area contributed by atoms with Gasteiger partial charge in [0.1, 0.15) is 11.3 Å². The molecule has 6 aromatic carbocycles. The van der Waals surface area contributed by atoms with Gasteiger partial charge in [0.2, 0.25) is 0 Å². The standard InChI is InChI=1S/C48H34N2OS/c1-2-12-33(13-3-1)49-39-17-7-4-14-35(39)36-29-26-32(30-42(36)49)31-24-27-34(28-25-31)50(40-18-10-21-44-47(40)37-15-5-8-20-43(37)51-44)41-19-11-23-46-48(41)38-16-6-9-22-45(38)52-46/h1-7,9-19,21-24,26-31H,8,20,25H2. The molecule has 2 aliphatic carbocycles. The van der Waals surface area contributed by atoms with Gasteiger partial charge in [-0.2, -0.15) is 0 Å². The van der Waals surface area contributed by atoms with E-state index >= 15 is 0 Å². The van der Waals surface area contributed by atoms with Crippen molar-refractivity contribution in [3.05, 3.63) is 180 Å². The molecule has 0 N–H and O–H groups in total. The lowest BCUT2D eigenvalue weighted by atomic mass is 9.90. The van der Waals surface area contributed by atoms with Crippen molar-refractivity contribution in [2.45, 2.75) is 25.2 Å². The molecule has 0 saturated heterocycles. The van der Waals surface area contributed by atoms with Crippen LogP contribution < -0.4 is 4.90 Å². The maximum atomic E-state index is 6.51. The topological polar surface area (TPSA) is 21.3 Å². The molecule has 0 fully saturated rings. The number of thiophene rings is 1. The van der Waals surface area contributed by atoms with Crippen molar-refractivity contribution in [2.75, 3.05) is 4.90 Å². The molecule has 3 heterocycles. The molecule has 1 atom stereocenters. The van der Waals surface area contributed by atoms with Gasteiger partial charge in [0.25, 0.3) is 0 Å². The van der Waals surface area contributed by atoms with E-state index in [-0.39, 0.29) is 5.92 Å². The Hall–Kier alpha value is -6.10. The molecule has 0 spiro atoms. The van der Waals surface area contributed by atoms with E-state index in [1.54, 1.807) is 0 Å². The van der Waals surface area contributed by atoms with Gasteiger partial charge in [-0.3, -0.25) is 0 Å². The summed E-state index contributed by atoms with van der Waals surface area (Å²) < 4.78 is 11.5. The number of rotatable bonds is 5. The first kappa shape index (κ1) is 29.6. The molecule has 11 rings (SSSR count). The highest BCUT2D eigenvalue weighted by molar-refractivity contribution is 7.26. The van der Waals surface area contributed by atoms with Crippen molar-refractivity contribution in [3.8, 4) is 5.69 Å². The minimum absolute atomic E-state index is 0.260. The molecule has 4 heteroatoms. The van der Waals surface area contributed by atoms with Crippen molar-refractivity contribution in [3.63, 3.8) is 0 Å². The van der Waals surface area contributed by atoms with Crippen LogP contribution in [-0.4, -0.2) is 4.57 Å². The lowest BCUT2D eigenvalue weighted by Gasteiger charge is -2.30. The highest BCUT2D eigenvalue weighted by Crippen LogP contribution is 2.48. The van der Waals surface area contributed by atoms with E-state index in [1.807, 2.05) is 11.3 Å². The molecule has 1 unspecified atom stereocenters. The molecule has 0 aliphatic heterocycles.